The Morgan fingerprint density at radius 1 is 1.12 bits per heavy atom. The molecular formula is C13H18O4. The van der Waals surface area contributed by atoms with Crippen LogP contribution in [-0.2, 0) is 4.79 Å². The Hall–Kier alpha value is -1.97. The average Bonchev–Trinajstić information content (AvgIpc) is 2.38. The quantitative estimate of drug-likeness (QED) is 0.819. The SMILES string of the molecule is CC.COc1cc(/C=C/C(=O)O)cc(OC)c1. The van der Waals surface area contributed by atoms with Gasteiger partial charge in [0.1, 0.15) is 11.5 Å². The Kier molecular flexibility index (Phi) is 7.26. The standard InChI is InChI=1S/C11H12O4.C2H6/c1-14-9-5-8(3-4-11(12)13)6-10(7-9)15-2;1-2/h3-7H,1-2H3,(H,12,13);1-2H3/b4-3+;. The van der Waals surface area contributed by atoms with Crippen LogP contribution in [0.25, 0.3) is 6.08 Å². The zero-order valence-electron chi connectivity index (χ0n) is 10.6. The first kappa shape index (κ1) is 15.0. The number of carboxylic acid groups (broad SMARTS) is 1. The van der Waals surface area contributed by atoms with Crippen molar-refractivity contribution in [2.75, 3.05) is 14.2 Å². The molecule has 0 atom stereocenters. The van der Waals surface area contributed by atoms with Crippen LogP contribution in [-0.4, -0.2) is 25.3 Å². The molecule has 17 heavy (non-hydrogen) atoms. The minimum atomic E-state index is -0.989. The lowest BCUT2D eigenvalue weighted by Gasteiger charge is -2.05. The van der Waals surface area contributed by atoms with E-state index in [0.717, 1.165) is 6.08 Å². The van der Waals surface area contributed by atoms with Crippen molar-refractivity contribution in [3.63, 3.8) is 0 Å². The van der Waals surface area contributed by atoms with Gasteiger partial charge in [-0.3, -0.25) is 0 Å². The van der Waals surface area contributed by atoms with Gasteiger partial charge in [0.25, 0.3) is 0 Å². The van der Waals surface area contributed by atoms with Crippen LogP contribution in [0.2, 0.25) is 0 Å². The van der Waals surface area contributed by atoms with Gasteiger partial charge < -0.3 is 14.6 Å². The van der Waals surface area contributed by atoms with Crippen molar-refractivity contribution in [3.8, 4) is 11.5 Å². The van der Waals surface area contributed by atoms with Crippen LogP contribution in [0.4, 0.5) is 0 Å². The fraction of sp³-hybridized carbons (Fsp3) is 0.308. The summed E-state index contributed by atoms with van der Waals surface area (Å²) in [5, 5.41) is 8.48. The fourth-order valence-electron chi connectivity index (χ4n) is 1.09. The molecule has 0 saturated carbocycles. The van der Waals surface area contributed by atoms with E-state index in [4.69, 9.17) is 14.6 Å². The predicted octanol–water partition coefficient (Wildman–Crippen LogP) is 2.83. The molecule has 0 aliphatic rings. The molecule has 4 nitrogen and oxygen atoms in total. The van der Waals surface area contributed by atoms with Crippen molar-refractivity contribution in [1.29, 1.82) is 0 Å². The number of hydrogen-bond acceptors (Lipinski definition) is 3. The summed E-state index contributed by atoms with van der Waals surface area (Å²) in [4.78, 5) is 10.3. The van der Waals surface area contributed by atoms with Gasteiger partial charge in [0.15, 0.2) is 0 Å². The second kappa shape index (κ2) is 8.21. The topological polar surface area (TPSA) is 55.8 Å². The Bertz CT molecular complexity index is 361. The second-order valence-corrected chi connectivity index (χ2v) is 2.82. The Morgan fingerprint density at radius 2 is 1.59 bits per heavy atom. The molecule has 94 valence electrons. The molecule has 0 aromatic heterocycles. The molecule has 0 fully saturated rings. The lowest BCUT2D eigenvalue weighted by atomic mass is 10.2. The van der Waals surface area contributed by atoms with Crippen LogP contribution in [0.3, 0.4) is 0 Å². The summed E-state index contributed by atoms with van der Waals surface area (Å²) in [5.74, 6) is 0.260. The van der Waals surface area contributed by atoms with Gasteiger partial charge in [0.2, 0.25) is 0 Å². The molecule has 0 bridgehead atoms. The van der Waals surface area contributed by atoms with Crippen LogP contribution in [0, 0.1) is 0 Å². The third-order valence-corrected chi connectivity index (χ3v) is 1.79. The van der Waals surface area contributed by atoms with E-state index in [2.05, 4.69) is 0 Å². The van der Waals surface area contributed by atoms with Crippen LogP contribution < -0.4 is 9.47 Å². The van der Waals surface area contributed by atoms with Crippen LogP contribution >= 0.6 is 0 Å². The highest BCUT2D eigenvalue weighted by Gasteiger charge is 1.99. The maximum absolute atomic E-state index is 10.3. The molecule has 0 aliphatic heterocycles. The molecule has 0 aliphatic carbocycles. The number of rotatable bonds is 4. The summed E-state index contributed by atoms with van der Waals surface area (Å²) in [7, 11) is 3.08. The van der Waals surface area contributed by atoms with E-state index in [9.17, 15) is 4.79 Å². The number of methoxy groups -OCH3 is 2. The first-order chi connectivity index (χ1) is 8.15. The number of aliphatic carboxylic acids is 1. The second-order valence-electron chi connectivity index (χ2n) is 2.82. The molecule has 0 unspecified atom stereocenters. The molecule has 1 aromatic rings. The summed E-state index contributed by atoms with van der Waals surface area (Å²) in [6.45, 7) is 4.00. The molecule has 0 spiro atoms. The van der Waals surface area contributed by atoms with Crippen LogP contribution in [0.5, 0.6) is 11.5 Å². The van der Waals surface area contributed by atoms with Gasteiger partial charge in [0.05, 0.1) is 14.2 Å². The van der Waals surface area contributed by atoms with Crippen LogP contribution in [0.15, 0.2) is 24.3 Å². The van der Waals surface area contributed by atoms with Gasteiger partial charge in [-0.05, 0) is 23.8 Å². The summed E-state index contributed by atoms with van der Waals surface area (Å²) in [6.07, 6.45) is 2.54. The van der Waals surface area contributed by atoms with Gasteiger partial charge in [-0.2, -0.15) is 0 Å². The van der Waals surface area contributed by atoms with Gasteiger partial charge in [-0.25, -0.2) is 4.79 Å². The normalized spacial score (nSPS) is 9.41. The van der Waals surface area contributed by atoms with Crippen molar-refractivity contribution in [1.82, 2.24) is 0 Å². The summed E-state index contributed by atoms with van der Waals surface area (Å²) in [5.41, 5.74) is 0.716. The highest BCUT2D eigenvalue weighted by atomic mass is 16.5. The lowest BCUT2D eigenvalue weighted by Crippen LogP contribution is -1.89. The van der Waals surface area contributed by atoms with Gasteiger partial charge >= 0.3 is 5.97 Å². The van der Waals surface area contributed by atoms with Crippen molar-refractivity contribution in [3.05, 3.63) is 29.8 Å². The number of carbonyl (C=O) groups is 1. The number of carboxylic acids is 1. The van der Waals surface area contributed by atoms with Gasteiger partial charge in [-0.15, -0.1) is 0 Å². The molecule has 4 heteroatoms. The molecule has 1 N–H and O–H groups in total. The van der Waals surface area contributed by atoms with Crippen molar-refractivity contribution < 1.29 is 19.4 Å². The highest BCUT2D eigenvalue weighted by Crippen LogP contribution is 2.23. The summed E-state index contributed by atoms with van der Waals surface area (Å²) >= 11 is 0. The Balaban J connectivity index is 0.00000121. The third kappa shape index (κ3) is 5.61. The molecule has 1 aromatic carbocycles. The molecule has 0 radical (unpaired) electrons. The van der Waals surface area contributed by atoms with E-state index < -0.39 is 5.97 Å². The zero-order valence-corrected chi connectivity index (χ0v) is 10.6. The van der Waals surface area contributed by atoms with E-state index >= 15 is 0 Å². The first-order valence-corrected chi connectivity index (χ1v) is 5.30. The van der Waals surface area contributed by atoms with E-state index in [1.807, 2.05) is 13.8 Å². The zero-order chi connectivity index (χ0) is 13.3. The molecule has 1 rings (SSSR count). The largest absolute Gasteiger partial charge is 0.497 e. The van der Waals surface area contributed by atoms with Crippen molar-refractivity contribution in [2.45, 2.75) is 13.8 Å². The van der Waals surface area contributed by atoms with Gasteiger partial charge in [0, 0.05) is 12.1 Å². The Morgan fingerprint density at radius 3 is 1.94 bits per heavy atom. The minimum absolute atomic E-state index is 0.624. The minimum Gasteiger partial charge on any atom is -0.497 e. The van der Waals surface area contributed by atoms with Crippen LogP contribution in [0.1, 0.15) is 19.4 Å². The third-order valence-electron chi connectivity index (χ3n) is 1.79. The number of benzene rings is 1. The maximum Gasteiger partial charge on any atom is 0.328 e. The van der Waals surface area contributed by atoms with E-state index in [0.29, 0.717) is 17.1 Å². The van der Waals surface area contributed by atoms with Gasteiger partial charge in [-0.1, -0.05) is 13.8 Å². The van der Waals surface area contributed by atoms with E-state index in [1.165, 1.54) is 6.08 Å². The monoisotopic (exact) mass is 238 g/mol. The number of ether oxygens (including phenoxy) is 2. The molecule has 0 amide bonds. The Labute approximate surface area is 101 Å². The molecular weight excluding hydrogens is 220 g/mol. The summed E-state index contributed by atoms with van der Waals surface area (Å²) in [6, 6.07) is 5.17. The molecule has 0 heterocycles. The number of hydrogen-bond donors (Lipinski definition) is 1. The fourth-order valence-corrected chi connectivity index (χ4v) is 1.09. The first-order valence-electron chi connectivity index (χ1n) is 5.30. The summed E-state index contributed by atoms with van der Waals surface area (Å²) < 4.78 is 10.1. The van der Waals surface area contributed by atoms with Crippen molar-refractivity contribution >= 4 is 12.0 Å². The predicted molar refractivity (Wildman–Crippen MR) is 67.6 cm³/mol. The maximum atomic E-state index is 10.3. The van der Waals surface area contributed by atoms with E-state index in [-0.39, 0.29) is 0 Å². The molecule has 0 saturated heterocycles. The highest BCUT2D eigenvalue weighted by molar-refractivity contribution is 5.85. The van der Waals surface area contributed by atoms with E-state index in [1.54, 1.807) is 32.4 Å². The smallest absolute Gasteiger partial charge is 0.328 e. The van der Waals surface area contributed by atoms with Crippen molar-refractivity contribution in [2.24, 2.45) is 0 Å². The average molecular weight is 238 g/mol. The lowest BCUT2D eigenvalue weighted by molar-refractivity contribution is -0.131.